The Labute approximate surface area is 165 Å². The van der Waals surface area contributed by atoms with E-state index in [4.69, 9.17) is 9.72 Å². The molecule has 1 aromatic heterocycles. The van der Waals surface area contributed by atoms with Gasteiger partial charge in [0, 0.05) is 6.04 Å². The molecule has 2 heterocycles. The first-order valence-corrected chi connectivity index (χ1v) is 10.1. The molecule has 1 fully saturated rings. The van der Waals surface area contributed by atoms with E-state index in [9.17, 15) is 4.79 Å². The third-order valence-electron chi connectivity index (χ3n) is 5.82. The van der Waals surface area contributed by atoms with Crippen molar-refractivity contribution in [3.05, 3.63) is 70.3 Å². The van der Waals surface area contributed by atoms with Gasteiger partial charge in [-0.3, -0.25) is 9.69 Å². The van der Waals surface area contributed by atoms with Crippen molar-refractivity contribution in [3.8, 4) is 5.75 Å². The first-order valence-electron chi connectivity index (χ1n) is 10.1. The van der Waals surface area contributed by atoms with E-state index in [2.05, 4.69) is 28.9 Å². The molecule has 0 aliphatic carbocycles. The predicted molar refractivity (Wildman–Crippen MR) is 112 cm³/mol. The Balaban J connectivity index is 1.70. The number of likely N-dealkylation sites (tertiary alicyclic amines) is 1. The van der Waals surface area contributed by atoms with Gasteiger partial charge in [-0.15, -0.1) is 0 Å². The predicted octanol–water partition coefficient (Wildman–Crippen LogP) is 4.61. The average Bonchev–Trinajstić information content (AvgIpc) is 2.99. The summed E-state index contributed by atoms with van der Waals surface area (Å²) in [6.45, 7) is 3.14. The highest BCUT2D eigenvalue weighted by atomic mass is 16.5. The molecule has 3 aromatic rings. The third kappa shape index (κ3) is 3.67. The largest absolute Gasteiger partial charge is 0.497 e. The standard InChI is InChI=1S/C23H27N3O2/c1-16(22-24-20-9-6-5-8-19(20)23(27)25-22)26-15-7-3-4-10-21(26)17-11-13-18(28-2)14-12-17/h5-6,8-9,11-14,16,21H,3-4,7,10,15H2,1-2H3,(H,24,25,27). The van der Waals surface area contributed by atoms with Crippen LogP contribution in [0.3, 0.4) is 0 Å². The van der Waals surface area contributed by atoms with Gasteiger partial charge in [-0.1, -0.05) is 37.1 Å². The number of hydrogen-bond acceptors (Lipinski definition) is 4. The van der Waals surface area contributed by atoms with Gasteiger partial charge < -0.3 is 9.72 Å². The second-order valence-electron chi connectivity index (χ2n) is 7.52. The molecule has 2 atom stereocenters. The van der Waals surface area contributed by atoms with Crippen LogP contribution in [0, 0.1) is 0 Å². The Bertz CT molecular complexity index is 997. The Morgan fingerprint density at radius 2 is 1.89 bits per heavy atom. The van der Waals surface area contributed by atoms with E-state index >= 15 is 0 Å². The molecule has 28 heavy (non-hydrogen) atoms. The van der Waals surface area contributed by atoms with Crippen LogP contribution in [0.4, 0.5) is 0 Å². The van der Waals surface area contributed by atoms with Crippen LogP contribution < -0.4 is 10.3 Å². The van der Waals surface area contributed by atoms with Gasteiger partial charge in [-0.2, -0.15) is 0 Å². The summed E-state index contributed by atoms with van der Waals surface area (Å²) in [6, 6.07) is 16.2. The normalized spacial score (nSPS) is 19.3. The molecular formula is C23H27N3O2. The summed E-state index contributed by atoms with van der Waals surface area (Å²) in [4.78, 5) is 22.8. The molecule has 2 aromatic carbocycles. The highest BCUT2D eigenvalue weighted by Crippen LogP contribution is 2.36. The SMILES string of the molecule is COc1ccc(C2CCCCCN2C(C)c2nc3ccccc3c(=O)[nH]2)cc1. The van der Waals surface area contributed by atoms with Crippen molar-refractivity contribution >= 4 is 10.9 Å². The second kappa shape index (κ2) is 8.15. The van der Waals surface area contributed by atoms with E-state index in [0.29, 0.717) is 11.4 Å². The van der Waals surface area contributed by atoms with Crippen LogP contribution in [0.15, 0.2) is 53.3 Å². The Morgan fingerprint density at radius 3 is 2.68 bits per heavy atom. The lowest BCUT2D eigenvalue weighted by Gasteiger charge is -2.35. The number of fused-ring (bicyclic) bond motifs is 1. The molecule has 4 rings (SSSR count). The van der Waals surface area contributed by atoms with E-state index in [1.165, 1.54) is 18.4 Å². The molecule has 0 saturated carbocycles. The summed E-state index contributed by atoms with van der Waals surface area (Å²) in [7, 11) is 1.69. The quantitative estimate of drug-likeness (QED) is 0.721. The van der Waals surface area contributed by atoms with E-state index < -0.39 is 0 Å². The smallest absolute Gasteiger partial charge is 0.258 e. The Hall–Kier alpha value is -2.66. The number of nitrogens with one attached hydrogen (secondary N) is 1. The Kier molecular flexibility index (Phi) is 5.44. The van der Waals surface area contributed by atoms with Gasteiger partial charge in [0.05, 0.1) is 24.1 Å². The molecule has 5 nitrogen and oxygen atoms in total. The van der Waals surface area contributed by atoms with Crippen molar-refractivity contribution in [2.45, 2.75) is 44.7 Å². The first kappa shape index (κ1) is 18.7. The minimum absolute atomic E-state index is 0.0301. The summed E-state index contributed by atoms with van der Waals surface area (Å²) < 4.78 is 5.32. The summed E-state index contributed by atoms with van der Waals surface area (Å²) in [6.07, 6.45) is 4.71. The molecule has 1 saturated heterocycles. The number of nitrogens with zero attached hydrogens (tertiary/aromatic N) is 2. The maximum Gasteiger partial charge on any atom is 0.258 e. The topological polar surface area (TPSA) is 58.2 Å². The van der Waals surface area contributed by atoms with Crippen molar-refractivity contribution < 1.29 is 4.74 Å². The van der Waals surface area contributed by atoms with Gasteiger partial charge >= 0.3 is 0 Å². The highest BCUT2D eigenvalue weighted by molar-refractivity contribution is 5.77. The van der Waals surface area contributed by atoms with Crippen molar-refractivity contribution in [2.75, 3.05) is 13.7 Å². The van der Waals surface area contributed by atoms with E-state index in [1.54, 1.807) is 7.11 Å². The molecule has 0 radical (unpaired) electrons. The monoisotopic (exact) mass is 377 g/mol. The number of hydrogen-bond donors (Lipinski definition) is 1. The molecular weight excluding hydrogens is 350 g/mol. The van der Waals surface area contributed by atoms with E-state index in [1.807, 2.05) is 36.4 Å². The minimum Gasteiger partial charge on any atom is -0.497 e. The molecule has 0 bridgehead atoms. The average molecular weight is 377 g/mol. The van der Waals surface area contributed by atoms with E-state index in [-0.39, 0.29) is 11.6 Å². The van der Waals surface area contributed by atoms with Crippen molar-refractivity contribution in [2.24, 2.45) is 0 Å². The molecule has 0 amide bonds. The number of aromatic amines is 1. The van der Waals surface area contributed by atoms with Gasteiger partial charge in [-0.05, 0) is 56.1 Å². The van der Waals surface area contributed by atoms with Crippen LogP contribution in [-0.2, 0) is 0 Å². The van der Waals surface area contributed by atoms with Crippen molar-refractivity contribution in [1.82, 2.24) is 14.9 Å². The zero-order valence-electron chi connectivity index (χ0n) is 16.5. The van der Waals surface area contributed by atoms with Gasteiger partial charge in [0.1, 0.15) is 11.6 Å². The van der Waals surface area contributed by atoms with Gasteiger partial charge in [0.2, 0.25) is 0 Å². The van der Waals surface area contributed by atoms with Gasteiger partial charge in [-0.25, -0.2) is 4.98 Å². The number of aromatic nitrogens is 2. The number of benzene rings is 2. The minimum atomic E-state index is -0.0664. The van der Waals surface area contributed by atoms with Gasteiger partial charge in [0.25, 0.3) is 5.56 Å². The lowest BCUT2D eigenvalue weighted by molar-refractivity contribution is 0.141. The lowest BCUT2D eigenvalue weighted by Crippen LogP contribution is -2.33. The van der Waals surface area contributed by atoms with E-state index in [0.717, 1.165) is 36.5 Å². The number of H-pyrrole nitrogens is 1. The fourth-order valence-electron chi connectivity index (χ4n) is 4.24. The third-order valence-corrected chi connectivity index (χ3v) is 5.82. The number of methoxy groups -OCH3 is 1. The molecule has 1 aliphatic rings. The maximum absolute atomic E-state index is 12.5. The van der Waals surface area contributed by atoms with Crippen LogP contribution in [0.2, 0.25) is 0 Å². The highest BCUT2D eigenvalue weighted by Gasteiger charge is 2.28. The second-order valence-corrected chi connectivity index (χ2v) is 7.52. The number of ether oxygens (including phenoxy) is 1. The van der Waals surface area contributed by atoms with Crippen LogP contribution in [0.1, 0.15) is 56.1 Å². The molecule has 1 N–H and O–H groups in total. The summed E-state index contributed by atoms with van der Waals surface area (Å²) in [5.41, 5.74) is 1.98. The molecule has 1 aliphatic heterocycles. The fraction of sp³-hybridized carbons (Fsp3) is 0.391. The van der Waals surface area contributed by atoms with Crippen molar-refractivity contribution in [1.29, 1.82) is 0 Å². The lowest BCUT2D eigenvalue weighted by atomic mass is 9.99. The van der Waals surface area contributed by atoms with Crippen LogP contribution >= 0.6 is 0 Å². The zero-order chi connectivity index (χ0) is 19.5. The molecule has 0 spiro atoms. The fourth-order valence-corrected chi connectivity index (χ4v) is 4.24. The van der Waals surface area contributed by atoms with Crippen LogP contribution in [0.5, 0.6) is 5.75 Å². The van der Waals surface area contributed by atoms with Gasteiger partial charge in [0.15, 0.2) is 0 Å². The number of rotatable bonds is 4. The Morgan fingerprint density at radius 1 is 1.11 bits per heavy atom. The maximum atomic E-state index is 12.5. The molecule has 5 heteroatoms. The van der Waals surface area contributed by atoms with Crippen LogP contribution in [-0.4, -0.2) is 28.5 Å². The number of para-hydroxylation sites is 1. The first-order chi connectivity index (χ1) is 13.7. The summed E-state index contributed by atoms with van der Waals surface area (Å²) in [5, 5.41) is 0.640. The summed E-state index contributed by atoms with van der Waals surface area (Å²) in [5.74, 6) is 1.61. The molecule has 2 unspecified atom stereocenters. The molecule has 146 valence electrons. The summed E-state index contributed by atoms with van der Waals surface area (Å²) >= 11 is 0. The van der Waals surface area contributed by atoms with Crippen LogP contribution in [0.25, 0.3) is 10.9 Å². The van der Waals surface area contributed by atoms with Crippen molar-refractivity contribution in [3.63, 3.8) is 0 Å². The zero-order valence-corrected chi connectivity index (χ0v) is 16.5.